The zero-order valence-corrected chi connectivity index (χ0v) is 17.1. The third-order valence-electron chi connectivity index (χ3n) is 4.73. The van der Waals surface area contributed by atoms with Crippen LogP contribution in [0.2, 0.25) is 0 Å². The molecule has 1 rings (SSSR count). The van der Waals surface area contributed by atoms with Crippen LogP contribution < -0.4 is 4.74 Å². The highest BCUT2D eigenvalue weighted by atomic mass is 16.5. The zero-order valence-electron chi connectivity index (χ0n) is 17.1. The molecule has 0 N–H and O–H groups in total. The van der Waals surface area contributed by atoms with Crippen LogP contribution in [0.1, 0.15) is 89.5 Å². The summed E-state index contributed by atoms with van der Waals surface area (Å²) in [7, 11) is 0. The highest BCUT2D eigenvalue weighted by Crippen LogP contribution is 2.15. The van der Waals surface area contributed by atoms with Gasteiger partial charge in [0.15, 0.2) is 0 Å². The van der Waals surface area contributed by atoms with Crippen molar-refractivity contribution >= 4 is 0 Å². The third-order valence-corrected chi connectivity index (χ3v) is 4.73. The normalized spacial score (nSPS) is 11.0. The lowest BCUT2D eigenvalue weighted by molar-refractivity contribution is 0.125. The molecule has 149 valence electrons. The zero-order chi connectivity index (χ0) is 18.7. The van der Waals surface area contributed by atoms with E-state index in [-0.39, 0.29) is 0 Å². The summed E-state index contributed by atoms with van der Waals surface area (Å²) < 4.78 is 11.5. The Bertz CT molecular complexity index is 399. The van der Waals surface area contributed by atoms with Crippen LogP contribution in [-0.4, -0.2) is 19.8 Å². The van der Waals surface area contributed by atoms with E-state index in [4.69, 9.17) is 9.47 Å². The number of unbranched alkanes of at least 4 members (excludes halogenated alkanes) is 9. The first-order valence-electron chi connectivity index (χ1n) is 11.0. The molecule has 1 radical (unpaired) electrons. The summed E-state index contributed by atoms with van der Waals surface area (Å²) in [6.45, 7) is 8.81. The average Bonchev–Trinajstić information content (AvgIpc) is 2.67. The molecule has 0 spiro atoms. The Kier molecular flexibility index (Phi) is 15.4. The predicted octanol–water partition coefficient (Wildman–Crippen LogP) is 7.16. The van der Waals surface area contributed by atoms with Gasteiger partial charge >= 0.3 is 0 Å². The molecule has 2 heteroatoms. The van der Waals surface area contributed by atoms with Crippen molar-refractivity contribution in [3.05, 3.63) is 36.8 Å². The maximum atomic E-state index is 5.85. The summed E-state index contributed by atoms with van der Waals surface area (Å²) in [6.07, 6.45) is 15.9. The second kappa shape index (κ2) is 17.4. The van der Waals surface area contributed by atoms with Crippen molar-refractivity contribution in [1.29, 1.82) is 0 Å². The summed E-state index contributed by atoms with van der Waals surface area (Å²) in [5, 5.41) is 0. The Morgan fingerprint density at radius 2 is 1.31 bits per heavy atom. The molecule has 0 aliphatic rings. The van der Waals surface area contributed by atoms with Crippen LogP contribution in [0, 0.1) is 6.92 Å². The smallest absolute Gasteiger partial charge is 0.119 e. The molecule has 2 nitrogen and oxygen atoms in total. The summed E-state index contributed by atoms with van der Waals surface area (Å²) >= 11 is 0. The Morgan fingerprint density at radius 3 is 1.96 bits per heavy atom. The van der Waals surface area contributed by atoms with Crippen molar-refractivity contribution in [3.63, 3.8) is 0 Å². The summed E-state index contributed by atoms with van der Waals surface area (Å²) in [4.78, 5) is 0. The second-order valence-corrected chi connectivity index (χ2v) is 7.24. The van der Waals surface area contributed by atoms with Crippen LogP contribution in [0.3, 0.4) is 0 Å². The second-order valence-electron chi connectivity index (χ2n) is 7.24. The van der Waals surface area contributed by atoms with Crippen LogP contribution >= 0.6 is 0 Å². The van der Waals surface area contributed by atoms with E-state index in [1.165, 1.54) is 76.2 Å². The standard InChI is InChI=1S/C24H41O2/c1-3-5-7-11-15-23-16-18-24(19-17-23)26-22-14-10-9-13-21-25-20-12-8-6-4-2/h16-19H,1,3-15,20-22H2,2H3. The molecule has 0 amide bonds. The fourth-order valence-corrected chi connectivity index (χ4v) is 3.02. The lowest BCUT2D eigenvalue weighted by Gasteiger charge is -2.08. The van der Waals surface area contributed by atoms with Gasteiger partial charge in [-0.15, -0.1) is 0 Å². The first-order valence-corrected chi connectivity index (χ1v) is 11.0. The minimum absolute atomic E-state index is 0.820. The van der Waals surface area contributed by atoms with Gasteiger partial charge in [-0.3, -0.25) is 0 Å². The molecule has 0 unspecified atom stereocenters. The van der Waals surface area contributed by atoms with Gasteiger partial charge in [-0.05, 0) is 56.2 Å². The Hall–Kier alpha value is -1.02. The average molecular weight is 362 g/mol. The maximum absolute atomic E-state index is 5.85. The predicted molar refractivity (Wildman–Crippen MR) is 113 cm³/mol. The van der Waals surface area contributed by atoms with E-state index >= 15 is 0 Å². The number of aryl methyl sites for hydroxylation is 1. The highest BCUT2D eigenvalue weighted by molar-refractivity contribution is 5.27. The van der Waals surface area contributed by atoms with Crippen LogP contribution in [0.5, 0.6) is 5.75 Å². The molecule has 1 aromatic carbocycles. The van der Waals surface area contributed by atoms with E-state index in [0.29, 0.717) is 0 Å². The maximum Gasteiger partial charge on any atom is 0.119 e. The molecule has 0 heterocycles. The van der Waals surface area contributed by atoms with Crippen molar-refractivity contribution in [1.82, 2.24) is 0 Å². The fourth-order valence-electron chi connectivity index (χ4n) is 3.02. The van der Waals surface area contributed by atoms with Gasteiger partial charge in [0.25, 0.3) is 0 Å². The first kappa shape index (κ1) is 23.0. The highest BCUT2D eigenvalue weighted by Gasteiger charge is 1.97. The Morgan fingerprint density at radius 1 is 0.692 bits per heavy atom. The van der Waals surface area contributed by atoms with Crippen LogP contribution in [0.25, 0.3) is 0 Å². The molecule has 26 heavy (non-hydrogen) atoms. The van der Waals surface area contributed by atoms with Gasteiger partial charge in [0.2, 0.25) is 0 Å². The minimum atomic E-state index is 0.820. The molecule has 0 bridgehead atoms. The number of ether oxygens (including phenoxy) is 2. The van der Waals surface area contributed by atoms with Crippen molar-refractivity contribution in [2.24, 2.45) is 0 Å². The molecule has 0 atom stereocenters. The largest absolute Gasteiger partial charge is 0.494 e. The number of hydrogen-bond donors (Lipinski definition) is 0. The fraction of sp³-hybridized carbons (Fsp3) is 0.708. The topological polar surface area (TPSA) is 18.5 Å². The van der Waals surface area contributed by atoms with Crippen molar-refractivity contribution in [2.45, 2.75) is 90.4 Å². The van der Waals surface area contributed by atoms with E-state index in [9.17, 15) is 0 Å². The van der Waals surface area contributed by atoms with Gasteiger partial charge in [0.1, 0.15) is 5.75 Å². The van der Waals surface area contributed by atoms with E-state index in [2.05, 4.69) is 38.1 Å². The Labute approximate surface area is 162 Å². The molecule has 0 saturated carbocycles. The number of hydrogen-bond acceptors (Lipinski definition) is 2. The molecule has 0 saturated heterocycles. The monoisotopic (exact) mass is 361 g/mol. The van der Waals surface area contributed by atoms with E-state index in [1.807, 2.05) is 0 Å². The van der Waals surface area contributed by atoms with E-state index in [0.717, 1.165) is 38.4 Å². The SMILES string of the molecule is [CH2]CCCCCc1ccc(OCCCCCCOCCCCCC)cc1. The Balaban J connectivity index is 1.91. The van der Waals surface area contributed by atoms with Gasteiger partial charge in [-0.1, -0.05) is 70.9 Å². The van der Waals surface area contributed by atoms with Crippen molar-refractivity contribution in [3.8, 4) is 5.75 Å². The molecule has 0 aromatic heterocycles. The van der Waals surface area contributed by atoms with Crippen LogP contribution in [0.15, 0.2) is 24.3 Å². The number of benzene rings is 1. The van der Waals surface area contributed by atoms with Gasteiger partial charge in [0, 0.05) is 13.2 Å². The molecule has 1 aromatic rings. The summed E-state index contributed by atoms with van der Waals surface area (Å²) in [6, 6.07) is 8.64. The van der Waals surface area contributed by atoms with E-state index < -0.39 is 0 Å². The molecule has 0 aliphatic heterocycles. The van der Waals surface area contributed by atoms with Gasteiger partial charge in [-0.2, -0.15) is 0 Å². The molecule has 0 fully saturated rings. The quantitative estimate of drug-likeness (QED) is 0.258. The third kappa shape index (κ3) is 13.2. The van der Waals surface area contributed by atoms with Gasteiger partial charge < -0.3 is 9.47 Å². The van der Waals surface area contributed by atoms with Crippen LogP contribution in [-0.2, 0) is 11.2 Å². The van der Waals surface area contributed by atoms with E-state index in [1.54, 1.807) is 0 Å². The molecular weight excluding hydrogens is 320 g/mol. The van der Waals surface area contributed by atoms with Gasteiger partial charge in [-0.25, -0.2) is 0 Å². The summed E-state index contributed by atoms with van der Waals surface area (Å²) in [5.74, 6) is 1.00. The summed E-state index contributed by atoms with van der Waals surface area (Å²) in [5.41, 5.74) is 1.41. The van der Waals surface area contributed by atoms with Crippen molar-refractivity contribution in [2.75, 3.05) is 19.8 Å². The lowest BCUT2D eigenvalue weighted by Crippen LogP contribution is -1.99. The lowest BCUT2D eigenvalue weighted by atomic mass is 10.1. The molecular formula is C24H41O2. The minimum Gasteiger partial charge on any atom is -0.494 e. The number of rotatable bonds is 18. The van der Waals surface area contributed by atoms with Crippen LogP contribution in [0.4, 0.5) is 0 Å². The molecule has 0 aliphatic carbocycles. The van der Waals surface area contributed by atoms with Gasteiger partial charge in [0.05, 0.1) is 6.61 Å². The first-order chi connectivity index (χ1) is 12.9. The van der Waals surface area contributed by atoms with Crippen molar-refractivity contribution < 1.29 is 9.47 Å².